The van der Waals surface area contributed by atoms with E-state index in [2.05, 4.69) is 20.8 Å². The molecule has 0 aromatic rings. The molecular formula is C24H48O2. The van der Waals surface area contributed by atoms with Crippen molar-refractivity contribution in [3.63, 3.8) is 0 Å². The van der Waals surface area contributed by atoms with Crippen molar-refractivity contribution in [1.82, 2.24) is 0 Å². The smallest absolute Gasteiger partial charge is 0.308 e. The second-order valence-corrected chi connectivity index (χ2v) is 8.45. The zero-order valence-corrected chi connectivity index (χ0v) is 18.5. The summed E-state index contributed by atoms with van der Waals surface area (Å²) in [5.74, 6) is 1.05. The Bertz CT molecular complexity index is 299. The molecule has 0 heterocycles. The van der Waals surface area contributed by atoms with Gasteiger partial charge in [-0.05, 0) is 25.7 Å². The topological polar surface area (TPSA) is 26.3 Å². The monoisotopic (exact) mass is 368 g/mol. The molecule has 2 heteroatoms. The molecule has 0 radical (unpaired) electrons. The summed E-state index contributed by atoms with van der Waals surface area (Å²) >= 11 is 0. The maximum absolute atomic E-state index is 12.0. The van der Waals surface area contributed by atoms with Gasteiger partial charge in [0.05, 0.1) is 12.5 Å². The fourth-order valence-electron chi connectivity index (χ4n) is 3.62. The number of carbonyl (C=O) groups is 1. The van der Waals surface area contributed by atoms with Gasteiger partial charge in [-0.15, -0.1) is 0 Å². The fourth-order valence-corrected chi connectivity index (χ4v) is 3.62. The van der Waals surface area contributed by atoms with E-state index >= 15 is 0 Å². The second kappa shape index (κ2) is 19.2. The van der Waals surface area contributed by atoms with Crippen LogP contribution in [0, 0.1) is 11.8 Å². The number of esters is 1. The van der Waals surface area contributed by atoms with Crippen molar-refractivity contribution in [3.8, 4) is 0 Å². The molecule has 26 heavy (non-hydrogen) atoms. The molecule has 0 saturated carbocycles. The molecule has 0 rings (SSSR count). The molecule has 1 unspecified atom stereocenters. The molecule has 0 saturated heterocycles. The van der Waals surface area contributed by atoms with Gasteiger partial charge < -0.3 is 4.74 Å². The van der Waals surface area contributed by atoms with Crippen LogP contribution in [0.3, 0.4) is 0 Å². The Balaban J connectivity index is 3.45. The first kappa shape index (κ1) is 25.5. The minimum absolute atomic E-state index is 0.0364. The van der Waals surface area contributed by atoms with Gasteiger partial charge in [-0.1, -0.05) is 111 Å². The van der Waals surface area contributed by atoms with Crippen molar-refractivity contribution in [2.45, 2.75) is 130 Å². The molecule has 0 N–H and O–H groups in total. The van der Waals surface area contributed by atoms with Crippen molar-refractivity contribution >= 4 is 5.97 Å². The van der Waals surface area contributed by atoms with Gasteiger partial charge in [-0.3, -0.25) is 4.79 Å². The van der Waals surface area contributed by atoms with E-state index in [1.54, 1.807) is 0 Å². The van der Waals surface area contributed by atoms with E-state index in [0.29, 0.717) is 6.61 Å². The quantitative estimate of drug-likeness (QED) is 0.170. The van der Waals surface area contributed by atoms with Gasteiger partial charge in [0.2, 0.25) is 0 Å². The highest BCUT2D eigenvalue weighted by Crippen LogP contribution is 2.20. The maximum atomic E-state index is 12.0. The lowest BCUT2D eigenvalue weighted by Crippen LogP contribution is -2.17. The molecular weight excluding hydrogens is 320 g/mol. The third-order valence-corrected chi connectivity index (χ3v) is 5.36. The van der Waals surface area contributed by atoms with Crippen molar-refractivity contribution in [2.75, 3.05) is 6.61 Å². The van der Waals surface area contributed by atoms with E-state index < -0.39 is 0 Å². The van der Waals surface area contributed by atoms with E-state index in [1.807, 2.05) is 6.92 Å². The van der Waals surface area contributed by atoms with Gasteiger partial charge in [0.15, 0.2) is 0 Å². The van der Waals surface area contributed by atoms with E-state index in [4.69, 9.17) is 4.74 Å². The molecule has 2 nitrogen and oxygen atoms in total. The van der Waals surface area contributed by atoms with Crippen molar-refractivity contribution in [3.05, 3.63) is 0 Å². The van der Waals surface area contributed by atoms with Crippen LogP contribution >= 0.6 is 0 Å². The molecule has 0 fully saturated rings. The van der Waals surface area contributed by atoms with Crippen LogP contribution in [0.15, 0.2) is 0 Å². The lowest BCUT2D eigenvalue weighted by molar-refractivity contribution is -0.148. The van der Waals surface area contributed by atoms with Crippen LogP contribution in [0.2, 0.25) is 0 Å². The summed E-state index contributed by atoms with van der Waals surface area (Å²) in [5, 5.41) is 0. The molecule has 1 atom stereocenters. The Hall–Kier alpha value is -0.530. The molecule has 0 aliphatic carbocycles. The standard InChI is InChI=1S/C24H48O2/c1-5-7-20-23(24(25)26-6-2)21-18-16-14-12-10-8-9-11-13-15-17-19-22(3)4/h22-23H,5-21H2,1-4H3. The molecule has 0 aromatic carbocycles. The zero-order valence-electron chi connectivity index (χ0n) is 18.5. The Morgan fingerprint density at radius 2 is 1.08 bits per heavy atom. The van der Waals surface area contributed by atoms with Crippen LogP contribution < -0.4 is 0 Å². The molecule has 0 bridgehead atoms. The van der Waals surface area contributed by atoms with Crippen LogP contribution in [0.25, 0.3) is 0 Å². The highest BCUT2D eigenvalue weighted by molar-refractivity contribution is 5.72. The predicted octanol–water partition coefficient (Wildman–Crippen LogP) is 8.08. The molecule has 0 amide bonds. The second-order valence-electron chi connectivity index (χ2n) is 8.45. The van der Waals surface area contributed by atoms with E-state index in [1.165, 1.54) is 77.0 Å². The lowest BCUT2D eigenvalue weighted by Gasteiger charge is -2.15. The summed E-state index contributed by atoms with van der Waals surface area (Å²) in [4.78, 5) is 12.0. The summed E-state index contributed by atoms with van der Waals surface area (Å²) in [6.07, 6.45) is 20.8. The molecule has 156 valence electrons. The van der Waals surface area contributed by atoms with Crippen LogP contribution in [-0.4, -0.2) is 12.6 Å². The SMILES string of the molecule is CCCCC(CCCCCCCCCCCCCC(C)C)C(=O)OCC. The van der Waals surface area contributed by atoms with Crippen molar-refractivity contribution in [2.24, 2.45) is 11.8 Å². The summed E-state index contributed by atoms with van der Waals surface area (Å²) in [6, 6.07) is 0. The predicted molar refractivity (Wildman–Crippen MR) is 115 cm³/mol. The Labute approximate surface area is 164 Å². The normalized spacial score (nSPS) is 12.5. The third-order valence-electron chi connectivity index (χ3n) is 5.36. The van der Waals surface area contributed by atoms with Gasteiger partial charge in [-0.2, -0.15) is 0 Å². The Kier molecular flexibility index (Phi) is 18.8. The van der Waals surface area contributed by atoms with Gasteiger partial charge in [0, 0.05) is 0 Å². The molecule has 0 aliphatic rings. The summed E-state index contributed by atoms with van der Waals surface area (Å²) in [7, 11) is 0. The van der Waals surface area contributed by atoms with Crippen LogP contribution in [-0.2, 0) is 9.53 Å². The largest absolute Gasteiger partial charge is 0.466 e. The number of carbonyl (C=O) groups excluding carboxylic acids is 1. The Morgan fingerprint density at radius 3 is 1.50 bits per heavy atom. The maximum Gasteiger partial charge on any atom is 0.308 e. The van der Waals surface area contributed by atoms with Gasteiger partial charge in [-0.25, -0.2) is 0 Å². The summed E-state index contributed by atoms with van der Waals surface area (Å²) in [6.45, 7) is 9.25. The van der Waals surface area contributed by atoms with Gasteiger partial charge in [0.1, 0.15) is 0 Å². The Morgan fingerprint density at radius 1 is 0.654 bits per heavy atom. The van der Waals surface area contributed by atoms with Crippen LogP contribution in [0.4, 0.5) is 0 Å². The highest BCUT2D eigenvalue weighted by atomic mass is 16.5. The number of hydrogen-bond acceptors (Lipinski definition) is 2. The number of hydrogen-bond donors (Lipinski definition) is 0. The molecule has 0 aliphatic heterocycles. The minimum atomic E-state index is 0.0364. The van der Waals surface area contributed by atoms with Crippen LogP contribution in [0.5, 0.6) is 0 Å². The van der Waals surface area contributed by atoms with Crippen molar-refractivity contribution in [1.29, 1.82) is 0 Å². The fraction of sp³-hybridized carbons (Fsp3) is 0.958. The van der Waals surface area contributed by atoms with E-state index in [0.717, 1.165) is 31.6 Å². The minimum Gasteiger partial charge on any atom is -0.466 e. The van der Waals surface area contributed by atoms with Gasteiger partial charge >= 0.3 is 5.97 Å². The number of unbranched alkanes of at least 4 members (excludes halogenated alkanes) is 11. The van der Waals surface area contributed by atoms with Crippen molar-refractivity contribution < 1.29 is 9.53 Å². The summed E-state index contributed by atoms with van der Waals surface area (Å²) in [5.41, 5.74) is 0. The first-order valence-corrected chi connectivity index (χ1v) is 11.8. The number of rotatable bonds is 19. The first-order chi connectivity index (χ1) is 12.6. The van der Waals surface area contributed by atoms with E-state index in [-0.39, 0.29) is 11.9 Å². The first-order valence-electron chi connectivity index (χ1n) is 11.8. The van der Waals surface area contributed by atoms with Gasteiger partial charge in [0.25, 0.3) is 0 Å². The average Bonchev–Trinajstić information content (AvgIpc) is 2.61. The summed E-state index contributed by atoms with van der Waals surface area (Å²) < 4.78 is 5.23. The highest BCUT2D eigenvalue weighted by Gasteiger charge is 2.18. The van der Waals surface area contributed by atoms with Crippen LogP contribution in [0.1, 0.15) is 130 Å². The average molecular weight is 369 g/mol. The zero-order chi connectivity index (χ0) is 19.5. The number of ether oxygens (including phenoxy) is 1. The molecule has 0 spiro atoms. The third kappa shape index (κ3) is 16.9. The molecule has 0 aromatic heterocycles. The lowest BCUT2D eigenvalue weighted by atomic mass is 9.95. The van der Waals surface area contributed by atoms with E-state index in [9.17, 15) is 4.79 Å².